The van der Waals surface area contributed by atoms with Crippen molar-refractivity contribution in [2.75, 3.05) is 6.61 Å². The molecule has 1 amide bonds. The van der Waals surface area contributed by atoms with Gasteiger partial charge in [-0.1, -0.05) is 53.5 Å². The van der Waals surface area contributed by atoms with Crippen molar-refractivity contribution >= 4 is 56.9 Å². The average Bonchev–Trinajstić information content (AvgIpc) is 3.42. The Kier molecular flexibility index (Phi) is 10.3. The Morgan fingerprint density at radius 1 is 1.04 bits per heavy atom. The van der Waals surface area contributed by atoms with Gasteiger partial charge in [0, 0.05) is 16.0 Å². The molecular weight excluding hydrogens is 649 g/mol. The first kappa shape index (κ1) is 33.8. The average molecular weight is 685 g/mol. The molecule has 2 N–H and O–H groups in total. The van der Waals surface area contributed by atoms with E-state index in [-0.39, 0.29) is 10.8 Å². The minimum Gasteiger partial charge on any atom is -0.454 e. The van der Waals surface area contributed by atoms with E-state index in [4.69, 9.17) is 33.0 Å². The molecule has 46 heavy (non-hydrogen) atoms. The van der Waals surface area contributed by atoms with Crippen molar-refractivity contribution < 1.29 is 27.9 Å². The lowest BCUT2D eigenvalue weighted by molar-refractivity contribution is -0.156. The van der Waals surface area contributed by atoms with Crippen LogP contribution in [0.3, 0.4) is 0 Å². The van der Waals surface area contributed by atoms with Crippen LogP contribution >= 0.6 is 23.2 Å². The van der Waals surface area contributed by atoms with Gasteiger partial charge in [0.1, 0.15) is 6.04 Å². The maximum atomic E-state index is 13.7. The van der Waals surface area contributed by atoms with E-state index < -0.39 is 46.7 Å². The summed E-state index contributed by atoms with van der Waals surface area (Å²) >= 11 is 12.2. The van der Waals surface area contributed by atoms with Crippen LogP contribution in [0.4, 0.5) is 0 Å². The number of aryl methyl sites for hydroxylation is 2. The standard InChI is InChI=1S/C34H35Cl2N3O6S/c1-20-7-16-28(17-21(20)2)46(43,44)38-31(22(3)40)34(42)45-19-30(41)39-33(24-10-14-27(36)15-11-24)29-6-4-5-25(32(29)37-39)18-23-8-12-26(35)13-9-23/h7-18,22,29,31,33,38,40H,4-6,19H2,1-3H3/b25-18+. The van der Waals surface area contributed by atoms with Gasteiger partial charge in [-0.2, -0.15) is 9.82 Å². The highest BCUT2D eigenvalue weighted by Gasteiger charge is 2.44. The number of hydrogen-bond acceptors (Lipinski definition) is 7. The first-order valence-electron chi connectivity index (χ1n) is 14.9. The molecular formula is C34H35Cl2N3O6S. The van der Waals surface area contributed by atoms with Crippen molar-refractivity contribution in [1.82, 2.24) is 9.73 Å². The minimum atomic E-state index is -4.19. The second-order valence-electron chi connectivity index (χ2n) is 11.6. The third-order valence-electron chi connectivity index (χ3n) is 8.32. The van der Waals surface area contributed by atoms with Crippen molar-refractivity contribution in [1.29, 1.82) is 0 Å². The fourth-order valence-electron chi connectivity index (χ4n) is 5.71. The first-order valence-corrected chi connectivity index (χ1v) is 17.1. The summed E-state index contributed by atoms with van der Waals surface area (Å²) in [5, 5.41) is 17.6. The van der Waals surface area contributed by atoms with E-state index >= 15 is 0 Å². The van der Waals surface area contributed by atoms with E-state index in [2.05, 4.69) is 4.72 Å². The summed E-state index contributed by atoms with van der Waals surface area (Å²) in [5.74, 6) is -1.79. The third-order valence-corrected chi connectivity index (χ3v) is 10.3. The molecule has 242 valence electrons. The van der Waals surface area contributed by atoms with Crippen LogP contribution in [0.15, 0.2) is 82.3 Å². The number of carbonyl (C=O) groups is 2. The quantitative estimate of drug-likeness (QED) is 0.266. The number of hydrogen-bond donors (Lipinski definition) is 2. The zero-order valence-electron chi connectivity index (χ0n) is 25.6. The fourth-order valence-corrected chi connectivity index (χ4v) is 7.30. The van der Waals surface area contributed by atoms with Crippen molar-refractivity contribution in [3.05, 3.63) is 105 Å². The van der Waals surface area contributed by atoms with Crippen molar-refractivity contribution in [3.8, 4) is 0 Å². The van der Waals surface area contributed by atoms with Crippen LogP contribution in [-0.4, -0.2) is 54.9 Å². The molecule has 12 heteroatoms. The van der Waals surface area contributed by atoms with Gasteiger partial charge >= 0.3 is 5.97 Å². The molecule has 3 aromatic carbocycles. The number of allylic oxidation sites excluding steroid dienone is 1. The second kappa shape index (κ2) is 14.1. The van der Waals surface area contributed by atoms with E-state index in [1.54, 1.807) is 25.1 Å². The molecule has 1 aliphatic heterocycles. The van der Waals surface area contributed by atoms with E-state index in [0.29, 0.717) is 10.0 Å². The lowest BCUT2D eigenvalue weighted by Crippen LogP contribution is -2.49. The van der Waals surface area contributed by atoms with E-state index in [1.165, 1.54) is 24.1 Å². The number of nitrogens with one attached hydrogen (secondary N) is 1. The molecule has 1 heterocycles. The number of benzene rings is 3. The van der Waals surface area contributed by atoms with Gasteiger partial charge in [0.2, 0.25) is 10.0 Å². The van der Waals surface area contributed by atoms with Crippen LogP contribution < -0.4 is 4.72 Å². The van der Waals surface area contributed by atoms with Crippen LogP contribution in [0, 0.1) is 19.8 Å². The van der Waals surface area contributed by atoms with Crippen LogP contribution in [0.2, 0.25) is 10.0 Å². The molecule has 0 aromatic heterocycles. The maximum Gasteiger partial charge on any atom is 0.327 e. The van der Waals surface area contributed by atoms with Crippen molar-refractivity contribution in [3.63, 3.8) is 0 Å². The monoisotopic (exact) mass is 683 g/mol. The summed E-state index contributed by atoms with van der Waals surface area (Å²) in [6, 6.07) is 17.1. The van der Waals surface area contributed by atoms with Crippen LogP contribution in [0.5, 0.6) is 0 Å². The lowest BCUT2D eigenvalue weighted by Gasteiger charge is -2.29. The van der Waals surface area contributed by atoms with Crippen LogP contribution in [0.1, 0.15) is 54.5 Å². The number of rotatable bonds is 9. The summed E-state index contributed by atoms with van der Waals surface area (Å²) in [6.07, 6.45) is 3.06. The van der Waals surface area contributed by atoms with Crippen molar-refractivity contribution in [2.24, 2.45) is 11.0 Å². The molecule has 0 spiro atoms. The summed E-state index contributed by atoms with van der Waals surface area (Å²) in [5.41, 5.74) is 5.21. The number of amides is 1. The molecule has 0 saturated heterocycles. The zero-order chi connectivity index (χ0) is 33.2. The largest absolute Gasteiger partial charge is 0.454 e. The van der Waals surface area contributed by atoms with E-state index in [0.717, 1.165) is 52.8 Å². The Labute approximate surface area is 278 Å². The Balaban J connectivity index is 1.37. The molecule has 5 rings (SSSR count). The molecule has 2 aliphatic rings. The Morgan fingerprint density at radius 2 is 1.70 bits per heavy atom. The lowest BCUT2D eigenvalue weighted by atomic mass is 9.77. The maximum absolute atomic E-state index is 13.7. The van der Waals surface area contributed by atoms with E-state index in [1.807, 2.05) is 49.4 Å². The number of fused-ring (bicyclic) bond motifs is 1. The number of aliphatic hydroxyl groups excluding tert-OH is 1. The topological polar surface area (TPSA) is 125 Å². The molecule has 1 saturated carbocycles. The Hall–Kier alpha value is -3.54. The summed E-state index contributed by atoms with van der Waals surface area (Å²) in [6.45, 7) is 4.17. The number of hydrazone groups is 1. The summed E-state index contributed by atoms with van der Waals surface area (Å²) < 4.78 is 33.7. The first-order chi connectivity index (χ1) is 21.8. The number of aliphatic hydroxyl groups is 1. The third kappa shape index (κ3) is 7.53. The smallest absolute Gasteiger partial charge is 0.327 e. The predicted molar refractivity (Wildman–Crippen MR) is 178 cm³/mol. The van der Waals surface area contributed by atoms with Gasteiger partial charge in [0.25, 0.3) is 5.91 Å². The van der Waals surface area contributed by atoms with Crippen LogP contribution in [-0.2, 0) is 24.3 Å². The number of nitrogens with zero attached hydrogens (tertiary/aromatic N) is 2. The van der Waals surface area contributed by atoms with Gasteiger partial charge in [-0.15, -0.1) is 0 Å². The number of ether oxygens (including phenoxy) is 1. The number of esters is 1. The van der Waals surface area contributed by atoms with Gasteiger partial charge in [-0.05, 0) is 110 Å². The van der Waals surface area contributed by atoms with E-state index in [9.17, 15) is 23.1 Å². The highest BCUT2D eigenvalue weighted by Crippen LogP contribution is 2.44. The zero-order valence-corrected chi connectivity index (χ0v) is 27.9. The van der Waals surface area contributed by atoms with Crippen LogP contribution in [0.25, 0.3) is 6.08 Å². The highest BCUT2D eigenvalue weighted by atomic mass is 35.5. The molecule has 9 nitrogen and oxygen atoms in total. The second-order valence-corrected chi connectivity index (χ2v) is 14.2. The molecule has 1 fully saturated rings. The minimum absolute atomic E-state index is 0.0612. The van der Waals surface area contributed by atoms with Gasteiger partial charge in [-0.25, -0.2) is 13.4 Å². The fraction of sp³-hybridized carbons (Fsp3) is 0.324. The van der Waals surface area contributed by atoms with Gasteiger partial charge in [-0.3, -0.25) is 9.59 Å². The molecule has 3 aromatic rings. The number of carbonyl (C=O) groups excluding carboxylic acids is 2. The molecule has 4 unspecified atom stereocenters. The molecule has 0 bridgehead atoms. The SMILES string of the molecule is Cc1ccc(S(=O)(=O)NC(C(=O)OCC(=O)N2N=C3/C(=C/c4ccc(Cl)cc4)CCCC3C2c2ccc(Cl)cc2)C(C)O)cc1C. The van der Waals surface area contributed by atoms with Gasteiger partial charge < -0.3 is 9.84 Å². The summed E-state index contributed by atoms with van der Waals surface area (Å²) in [4.78, 5) is 26.7. The molecule has 1 aliphatic carbocycles. The number of sulfonamides is 1. The Morgan fingerprint density at radius 3 is 2.33 bits per heavy atom. The Bertz CT molecular complexity index is 1790. The molecule has 0 radical (unpaired) electrons. The highest BCUT2D eigenvalue weighted by molar-refractivity contribution is 7.89. The van der Waals surface area contributed by atoms with Crippen molar-refractivity contribution in [2.45, 2.75) is 63.1 Å². The predicted octanol–water partition coefficient (Wildman–Crippen LogP) is 6.00. The number of halogens is 2. The summed E-state index contributed by atoms with van der Waals surface area (Å²) in [7, 11) is -4.19. The normalized spacial score (nSPS) is 20.2. The van der Waals surface area contributed by atoms with Gasteiger partial charge in [0.15, 0.2) is 6.61 Å². The van der Waals surface area contributed by atoms with Gasteiger partial charge in [0.05, 0.1) is 22.8 Å². The molecule has 4 atom stereocenters.